The van der Waals surface area contributed by atoms with Crippen LogP contribution in [0.4, 0.5) is 0 Å². The third-order valence-corrected chi connectivity index (χ3v) is 7.36. The number of amides is 3. The zero-order valence-electron chi connectivity index (χ0n) is 21.5. The molecule has 208 valence electrons. The van der Waals surface area contributed by atoms with Crippen LogP contribution in [0, 0.1) is 0 Å². The van der Waals surface area contributed by atoms with Crippen LogP contribution in [0.3, 0.4) is 0 Å². The predicted molar refractivity (Wildman–Crippen MR) is 141 cm³/mol. The molecule has 2 aliphatic rings. The highest BCUT2D eigenvalue weighted by molar-refractivity contribution is 5.95. The number of likely N-dealkylation sites (tertiary alicyclic amines) is 2. The molecule has 2 aromatic rings. The Morgan fingerprint density at radius 2 is 1.33 bits per heavy atom. The van der Waals surface area contributed by atoms with Gasteiger partial charge in [-0.2, -0.15) is 0 Å². The highest BCUT2D eigenvalue weighted by Gasteiger charge is 2.43. The zero-order valence-corrected chi connectivity index (χ0v) is 21.5. The van der Waals surface area contributed by atoms with E-state index in [-0.39, 0.29) is 36.2 Å². The van der Waals surface area contributed by atoms with E-state index in [1.165, 1.54) is 34.1 Å². The molecule has 6 N–H and O–H groups in total. The molecule has 2 heterocycles. The van der Waals surface area contributed by atoms with Crippen molar-refractivity contribution in [3.8, 4) is 11.5 Å². The summed E-state index contributed by atoms with van der Waals surface area (Å²) in [4.78, 5) is 54.7. The number of carbonyl (C=O) groups excluding carboxylic acids is 3. The van der Waals surface area contributed by atoms with Gasteiger partial charge in [-0.3, -0.25) is 14.4 Å². The van der Waals surface area contributed by atoms with Crippen LogP contribution in [0.5, 0.6) is 11.5 Å². The van der Waals surface area contributed by atoms with Crippen molar-refractivity contribution >= 4 is 23.7 Å². The van der Waals surface area contributed by atoms with E-state index in [1.54, 1.807) is 24.3 Å². The van der Waals surface area contributed by atoms with E-state index in [2.05, 4.69) is 5.32 Å². The van der Waals surface area contributed by atoms with Crippen LogP contribution in [-0.4, -0.2) is 86.1 Å². The second-order valence-corrected chi connectivity index (χ2v) is 10.1. The van der Waals surface area contributed by atoms with Crippen LogP contribution in [-0.2, 0) is 32.0 Å². The summed E-state index contributed by atoms with van der Waals surface area (Å²) in [5.74, 6) is -2.27. The standard InChI is InChI=1S/C28H34N4O7/c29-21(15-17-5-9-19(33)10-6-17)26(36)32-14-2-4-24(32)27(37)31-13-1-3-23(31)25(35)30-22(28(38)39)16-18-7-11-20(34)12-8-18/h5-12,21-24,33-34H,1-4,13-16,29H2,(H,30,35)(H,38,39). The highest BCUT2D eigenvalue weighted by Crippen LogP contribution is 2.26. The number of aromatic hydroxyl groups is 2. The van der Waals surface area contributed by atoms with Gasteiger partial charge in [-0.05, 0) is 67.5 Å². The van der Waals surface area contributed by atoms with Gasteiger partial charge in [0.25, 0.3) is 0 Å². The molecule has 0 spiro atoms. The molecule has 2 saturated heterocycles. The van der Waals surface area contributed by atoms with Crippen LogP contribution in [0.25, 0.3) is 0 Å². The molecule has 0 radical (unpaired) electrons. The molecule has 0 aromatic heterocycles. The lowest BCUT2D eigenvalue weighted by atomic mass is 10.0. The van der Waals surface area contributed by atoms with Gasteiger partial charge in [0.05, 0.1) is 6.04 Å². The summed E-state index contributed by atoms with van der Waals surface area (Å²) >= 11 is 0. The van der Waals surface area contributed by atoms with Crippen molar-refractivity contribution in [2.75, 3.05) is 13.1 Å². The van der Waals surface area contributed by atoms with E-state index in [0.29, 0.717) is 44.3 Å². The second-order valence-electron chi connectivity index (χ2n) is 10.1. The summed E-state index contributed by atoms with van der Waals surface area (Å²) in [5.41, 5.74) is 7.61. The van der Waals surface area contributed by atoms with E-state index >= 15 is 0 Å². The van der Waals surface area contributed by atoms with Gasteiger partial charge in [0, 0.05) is 19.5 Å². The van der Waals surface area contributed by atoms with Crippen molar-refractivity contribution in [3.05, 3.63) is 59.7 Å². The first kappa shape index (κ1) is 27.9. The van der Waals surface area contributed by atoms with Gasteiger partial charge in [0.2, 0.25) is 17.7 Å². The SMILES string of the molecule is NC(Cc1ccc(O)cc1)C(=O)N1CCCC1C(=O)N1CCCC1C(=O)NC(Cc1ccc(O)cc1)C(=O)O. The number of hydrogen-bond donors (Lipinski definition) is 5. The molecule has 4 atom stereocenters. The first-order valence-corrected chi connectivity index (χ1v) is 13.1. The Labute approximate surface area is 226 Å². The van der Waals surface area contributed by atoms with Gasteiger partial charge in [-0.25, -0.2) is 4.79 Å². The third-order valence-electron chi connectivity index (χ3n) is 7.36. The Kier molecular flexibility index (Phi) is 8.70. The normalized spacial score (nSPS) is 20.4. The summed E-state index contributed by atoms with van der Waals surface area (Å²) in [6.07, 6.45) is 2.34. The number of phenolic OH excluding ortho intramolecular Hbond substituents is 2. The molecule has 4 rings (SSSR count). The van der Waals surface area contributed by atoms with E-state index in [9.17, 15) is 34.5 Å². The van der Waals surface area contributed by atoms with Crippen molar-refractivity contribution in [1.82, 2.24) is 15.1 Å². The topological polar surface area (TPSA) is 173 Å². The zero-order chi connectivity index (χ0) is 28.1. The van der Waals surface area contributed by atoms with Gasteiger partial charge in [0.15, 0.2) is 0 Å². The van der Waals surface area contributed by atoms with Gasteiger partial charge >= 0.3 is 5.97 Å². The molecule has 2 aliphatic heterocycles. The van der Waals surface area contributed by atoms with E-state index in [4.69, 9.17) is 5.73 Å². The smallest absolute Gasteiger partial charge is 0.326 e. The van der Waals surface area contributed by atoms with Crippen molar-refractivity contribution in [2.45, 2.75) is 62.7 Å². The van der Waals surface area contributed by atoms with E-state index < -0.39 is 36.0 Å². The lowest BCUT2D eigenvalue weighted by molar-refractivity contribution is -0.148. The number of benzene rings is 2. The Bertz CT molecular complexity index is 1200. The Morgan fingerprint density at radius 3 is 1.90 bits per heavy atom. The minimum Gasteiger partial charge on any atom is -0.508 e. The predicted octanol–water partition coefficient (Wildman–Crippen LogP) is 0.762. The lowest BCUT2D eigenvalue weighted by Gasteiger charge is -2.32. The number of nitrogens with two attached hydrogens (primary N) is 1. The third kappa shape index (κ3) is 6.66. The fraction of sp³-hybridized carbons (Fsp3) is 0.429. The summed E-state index contributed by atoms with van der Waals surface area (Å²) in [7, 11) is 0. The minimum atomic E-state index is -1.21. The van der Waals surface area contributed by atoms with Crippen LogP contribution in [0.15, 0.2) is 48.5 Å². The Morgan fingerprint density at radius 1 is 0.821 bits per heavy atom. The van der Waals surface area contributed by atoms with Crippen molar-refractivity contribution in [2.24, 2.45) is 5.73 Å². The molecule has 2 fully saturated rings. The molecule has 11 heteroatoms. The van der Waals surface area contributed by atoms with Gasteiger partial charge in [0.1, 0.15) is 29.6 Å². The molecule has 11 nitrogen and oxygen atoms in total. The number of phenols is 2. The molecular formula is C28H34N4O7. The summed E-state index contributed by atoms with van der Waals surface area (Å²) in [5, 5.41) is 31.2. The average Bonchev–Trinajstić information content (AvgIpc) is 3.60. The lowest BCUT2D eigenvalue weighted by Crippen LogP contribution is -2.56. The van der Waals surface area contributed by atoms with Crippen molar-refractivity contribution in [1.29, 1.82) is 0 Å². The molecule has 0 saturated carbocycles. The summed E-state index contributed by atoms with van der Waals surface area (Å²) in [6, 6.07) is 8.84. The quantitative estimate of drug-likeness (QED) is 0.311. The number of carboxylic acid groups (broad SMARTS) is 1. The first-order chi connectivity index (χ1) is 18.6. The van der Waals surface area contributed by atoms with Gasteiger partial charge in [-0.1, -0.05) is 24.3 Å². The van der Waals surface area contributed by atoms with Gasteiger partial charge < -0.3 is 36.2 Å². The maximum atomic E-state index is 13.6. The Hall–Kier alpha value is -4.12. The van der Waals surface area contributed by atoms with Gasteiger partial charge in [-0.15, -0.1) is 0 Å². The maximum absolute atomic E-state index is 13.6. The molecular weight excluding hydrogens is 504 g/mol. The molecule has 0 aliphatic carbocycles. The number of hydrogen-bond acceptors (Lipinski definition) is 7. The van der Waals surface area contributed by atoms with Crippen LogP contribution in [0.1, 0.15) is 36.8 Å². The average molecular weight is 539 g/mol. The highest BCUT2D eigenvalue weighted by atomic mass is 16.4. The number of nitrogens with zero attached hydrogens (tertiary/aromatic N) is 2. The van der Waals surface area contributed by atoms with Crippen molar-refractivity contribution in [3.63, 3.8) is 0 Å². The Balaban J connectivity index is 1.40. The monoisotopic (exact) mass is 538 g/mol. The maximum Gasteiger partial charge on any atom is 0.326 e. The first-order valence-electron chi connectivity index (χ1n) is 13.1. The molecule has 4 unspecified atom stereocenters. The van der Waals surface area contributed by atoms with Crippen LogP contribution < -0.4 is 11.1 Å². The molecule has 2 aromatic carbocycles. The minimum absolute atomic E-state index is 0.0197. The number of carboxylic acids is 1. The van der Waals surface area contributed by atoms with E-state index in [0.717, 1.165) is 5.56 Å². The number of aliphatic carboxylic acids is 1. The van der Waals surface area contributed by atoms with Crippen molar-refractivity contribution < 1.29 is 34.5 Å². The molecule has 0 bridgehead atoms. The molecule has 39 heavy (non-hydrogen) atoms. The number of carbonyl (C=O) groups is 4. The second kappa shape index (κ2) is 12.2. The van der Waals surface area contributed by atoms with Crippen LogP contribution in [0.2, 0.25) is 0 Å². The molecule has 3 amide bonds. The summed E-state index contributed by atoms with van der Waals surface area (Å²) < 4.78 is 0. The fourth-order valence-corrected chi connectivity index (χ4v) is 5.30. The van der Waals surface area contributed by atoms with E-state index in [1.807, 2.05) is 0 Å². The fourth-order valence-electron chi connectivity index (χ4n) is 5.30. The number of nitrogens with one attached hydrogen (secondary N) is 1. The summed E-state index contributed by atoms with van der Waals surface area (Å²) in [6.45, 7) is 0.724. The largest absolute Gasteiger partial charge is 0.508 e. The van der Waals surface area contributed by atoms with Crippen LogP contribution >= 0.6 is 0 Å². The number of rotatable bonds is 9.